The van der Waals surface area contributed by atoms with Gasteiger partial charge in [0.15, 0.2) is 17.5 Å². The van der Waals surface area contributed by atoms with Crippen LogP contribution in [-0.2, 0) is 12.7 Å². The monoisotopic (exact) mass is 554 g/mol. The lowest BCUT2D eigenvalue weighted by atomic mass is 10.0. The summed E-state index contributed by atoms with van der Waals surface area (Å²) in [5, 5.41) is 12.3. The maximum absolute atomic E-state index is 14.2. The van der Waals surface area contributed by atoms with Crippen molar-refractivity contribution in [1.29, 1.82) is 0 Å². The SMILES string of the molecule is CC(C)CCOc1ccc(-c2ccc(Cn3cc4nc(-c5cccc(F)c5F)nc-4cn3)nn2)c(C(F)(F)F)c1. The first-order valence-electron chi connectivity index (χ1n) is 12.4. The second-order valence-corrected chi connectivity index (χ2v) is 9.54. The third-order valence-corrected chi connectivity index (χ3v) is 6.09. The standard InChI is InChI=1S/C28H23F5N6O/c1-16(2)10-11-40-18-7-8-19(21(12-18)28(31,32)33)23-9-6-17(37-38-23)14-39-15-25-24(13-34-39)35-27(36-25)20-4-3-5-22(29)26(20)30/h3-9,12-13,15-16H,10-11,14H2,1-2H3. The highest BCUT2D eigenvalue weighted by molar-refractivity contribution is 5.66. The Balaban J connectivity index is 1.35. The van der Waals surface area contributed by atoms with Crippen LogP contribution in [0.3, 0.4) is 0 Å². The van der Waals surface area contributed by atoms with E-state index in [1.54, 1.807) is 12.3 Å². The van der Waals surface area contributed by atoms with Gasteiger partial charge < -0.3 is 4.74 Å². The Kier molecular flexibility index (Phi) is 7.42. The minimum absolute atomic E-state index is 0.0208. The van der Waals surface area contributed by atoms with Gasteiger partial charge in [0.25, 0.3) is 0 Å². The van der Waals surface area contributed by atoms with Crippen LogP contribution in [0.2, 0.25) is 0 Å². The number of benzene rings is 2. The van der Waals surface area contributed by atoms with Crippen LogP contribution in [0.4, 0.5) is 22.0 Å². The van der Waals surface area contributed by atoms with E-state index in [4.69, 9.17) is 4.74 Å². The fourth-order valence-corrected chi connectivity index (χ4v) is 3.98. The molecule has 7 nitrogen and oxygen atoms in total. The quantitative estimate of drug-likeness (QED) is 0.199. The maximum Gasteiger partial charge on any atom is 0.417 e. The van der Waals surface area contributed by atoms with Crippen LogP contribution in [0.25, 0.3) is 34.0 Å². The molecule has 0 amide bonds. The lowest BCUT2D eigenvalue weighted by molar-refractivity contribution is -0.137. The molecule has 3 aromatic rings. The summed E-state index contributed by atoms with van der Waals surface area (Å²) in [5.41, 5.74) is 0.215. The van der Waals surface area contributed by atoms with Crippen LogP contribution in [0.5, 0.6) is 5.75 Å². The predicted molar refractivity (Wildman–Crippen MR) is 136 cm³/mol. The van der Waals surface area contributed by atoms with Crippen LogP contribution in [0.1, 0.15) is 31.5 Å². The molecule has 0 saturated carbocycles. The van der Waals surface area contributed by atoms with Crippen molar-refractivity contribution in [3.8, 4) is 39.8 Å². The summed E-state index contributed by atoms with van der Waals surface area (Å²) in [7, 11) is 0. The number of hydrogen-bond donors (Lipinski definition) is 0. The van der Waals surface area contributed by atoms with E-state index in [1.165, 1.54) is 41.2 Å². The highest BCUT2D eigenvalue weighted by atomic mass is 19.4. The van der Waals surface area contributed by atoms with Gasteiger partial charge in [-0.1, -0.05) is 19.9 Å². The topological polar surface area (TPSA) is 78.6 Å². The summed E-state index contributed by atoms with van der Waals surface area (Å²) >= 11 is 0. The summed E-state index contributed by atoms with van der Waals surface area (Å²) in [4.78, 5) is 8.49. The molecule has 0 bridgehead atoms. The lowest BCUT2D eigenvalue weighted by Gasteiger charge is -2.15. The highest BCUT2D eigenvalue weighted by Gasteiger charge is 2.34. The zero-order valence-corrected chi connectivity index (χ0v) is 21.5. The molecule has 0 radical (unpaired) electrons. The Morgan fingerprint density at radius 3 is 2.42 bits per heavy atom. The molecule has 5 rings (SSSR count). The van der Waals surface area contributed by atoms with Crippen molar-refractivity contribution in [1.82, 2.24) is 29.9 Å². The Hall–Kier alpha value is -4.48. The van der Waals surface area contributed by atoms with Gasteiger partial charge in [0, 0.05) is 5.56 Å². The number of ether oxygens (including phenoxy) is 1. The van der Waals surface area contributed by atoms with Crippen molar-refractivity contribution < 1.29 is 26.7 Å². The molecule has 206 valence electrons. The molecule has 0 fully saturated rings. The number of fused-ring (bicyclic) bond motifs is 1. The number of nitrogens with zero attached hydrogens (tertiary/aromatic N) is 6. The van der Waals surface area contributed by atoms with Crippen molar-refractivity contribution in [3.05, 3.63) is 83.8 Å². The molecular weight excluding hydrogens is 531 g/mol. The van der Waals surface area contributed by atoms with Crippen LogP contribution in [-0.4, -0.2) is 36.6 Å². The van der Waals surface area contributed by atoms with Gasteiger partial charge in [-0.25, -0.2) is 18.7 Å². The van der Waals surface area contributed by atoms with Gasteiger partial charge in [-0.15, -0.1) is 0 Å². The van der Waals surface area contributed by atoms with Gasteiger partial charge in [-0.2, -0.15) is 28.5 Å². The largest absolute Gasteiger partial charge is 0.494 e. The van der Waals surface area contributed by atoms with Crippen molar-refractivity contribution in [2.24, 2.45) is 5.92 Å². The number of halogens is 5. The molecule has 40 heavy (non-hydrogen) atoms. The molecule has 0 saturated heterocycles. The van der Waals surface area contributed by atoms with Gasteiger partial charge in [0.05, 0.1) is 48.1 Å². The number of aromatic nitrogens is 6. The van der Waals surface area contributed by atoms with E-state index in [2.05, 4.69) is 25.3 Å². The van der Waals surface area contributed by atoms with Crippen LogP contribution >= 0.6 is 0 Å². The summed E-state index contributed by atoms with van der Waals surface area (Å²) in [6, 6.07) is 10.6. The molecule has 3 heterocycles. The van der Waals surface area contributed by atoms with Crippen molar-refractivity contribution in [2.45, 2.75) is 33.0 Å². The Morgan fingerprint density at radius 2 is 1.70 bits per heavy atom. The van der Waals surface area contributed by atoms with Crippen LogP contribution in [0.15, 0.2) is 60.9 Å². The molecule has 0 aliphatic carbocycles. The minimum Gasteiger partial charge on any atom is -0.494 e. The molecule has 2 aromatic carbocycles. The molecule has 12 heteroatoms. The maximum atomic E-state index is 14.2. The number of imidazole rings is 1. The van der Waals surface area contributed by atoms with E-state index in [0.717, 1.165) is 18.6 Å². The average molecular weight is 555 g/mol. The van der Waals surface area contributed by atoms with Crippen molar-refractivity contribution >= 4 is 0 Å². The second-order valence-electron chi connectivity index (χ2n) is 9.54. The normalized spacial score (nSPS) is 11.9. The molecule has 0 unspecified atom stereocenters. The van der Waals surface area contributed by atoms with E-state index >= 15 is 0 Å². The zero-order valence-electron chi connectivity index (χ0n) is 21.5. The van der Waals surface area contributed by atoms with Gasteiger partial charge >= 0.3 is 6.18 Å². The first-order chi connectivity index (χ1) is 19.1. The molecule has 2 aliphatic heterocycles. The first kappa shape index (κ1) is 27.1. The number of hydrogen-bond acceptors (Lipinski definition) is 6. The summed E-state index contributed by atoms with van der Waals surface area (Å²) in [5.74, 6) is -1.53. The van der Waals surface area contributed by atoms with Gasteiger partial charge in [0.1, 0.15) is 17.1 Å². The van der Waals surface area contributed by atoms with E-state index in [0.29, 0.717) is 29.6 Å². The molecule has 0 spiro atoms. The Bertz CT molecular complexity index is 1600. The molecule has 0 N–H and O–H groups in total. The van der Waals surface area contributed by atoms with Crippen LogP contribution in [0, 0.1) is 17.6 Å². The summed E-state index contributed by atoms with van der Waals surface area (Å²) < 4.78 is 76.3. The fraction of sp³-hybridized carbons (Fsp3) is 0.250. The van der Waals surface area contributed by atoms with Crippen LogP contribution < -0.4 is 4.74 Å². The highest BCUT2D eigenvalue weighted by Crippen LogP contribution is 2.38. The van der Waals surface area contributed by atoms with E-state index in [1.807, 2.05) is 13.8 Å². The van der Waals surface area contributed by atoms with E-state index in [9.17, 15) is 22.0 Å². The number of alkyl halides is 3. The fourth-order valence-electron chi connectivity index (χ4n) is 3.98. The Morgan fingerprint density at radius 1 is 0.900 bits per heavy atom. The molecule has 1 aromatic heterocycles. The van der Waals surface area contributed by atoms with Gasteiger partial charge in [-0.3, -0.25) is 4.68 Å². The summed E-state index contributed by atoms with van der Waals surface area (Å²) in [6.07, 6.45) is -0.916. The Labute approximate surface area is 226 Å². The summed E-state index contributed by atoms with van der Waals surface area (Å²) in [6.45, 7) is 4.46. The third-order valence-electron chi connectivity index (χ3n) is 6.09. The van der Waals surface area contributed by atoms with E-state index < -0.39 is 23.4 Å². The van der Waals surface area contributed by atoms with E-state index in [-0.39, 0.29) is 34.9 Å². The predicted octanol–water partition coefficient (Wildman–Crippen LogP) is 6.67. The minimum atomic E-state index is -4.61. The zero-order chi connectivity index (χ0) is 28.4. The molecule has 0 atom stereocenters. The molecule has 2 aliphatic rings. The van der Waals surface area contributed by atoms with Gasteiger partial charge in [-0.05, 0) is 54.8 Å². The van der Waals surface area contributed by atoms with Crippen molar-refractivity contribution in [2.75, 3.05) is 6.61 Å². The van der Waals surface area contributed by atoms with Crippen molar-refractivity contribution in [3.63, 3.8) is 0 Å². The number of rotatable bonds is 8. The smallest absolute Gasteiger partial charge is 0.417 e. The van der Waals surface area contributed by atoms with Gasteiger partial charge in [0.2, 0.25) is 0 Å². The average Bonchev–Trinajstić information content (AvgIpc) is 3.33. The first-order valence-corrected chi connectivity index (χ1v) is 12.4. The third kappa shape index (κ3) is 5.90. The lowest BCUT2D eigenvalue weighted by Crippen LogP contribution is -2.10. The molecular formula is C28H23F5N6O. The second kappa shape index (κ2) is 10.9.